The van der Waals surface area contributed by atoms with Crippen LogP contribution in [0.25, 0.3) is 0 Å². The molecule has 0 heterocycles. The summed E-state index contributed by atoms with van der Waals surface area (Å²) in [7, 11) is 0. The molecule has 1 aromatic carbocycles. The minimum absolute atomic E-state index is 0.163. The lowest BCUT2D eigenvalue weighted by Gasteiger charge is -2.14. The lowest BCUT2D eigenvalue weighted by molar-refractivity contribution is -0.153. The summed E-state index contributed by atoms with van der Waals surface area (Å²) < 4.78 is 42.1. The Balaban J connectivity index is 2.74. The third-order valence-corrected chi connectivity index (χ3v) is 3.37. The van der Waals surface area contributed by atoms with E-state index in [-0.39, 0.29) is 5.75 Å². The van der Waals surface area contributed by atoms with Gasteiger partial charge in [-0.25, -0.2) is 0 Å². The molecule has 2 nitrogen and oxygen atoms in total. The molecule has 1 N–H and O–H groups in total. The second-order valence-corrected chi connectivity index (χ2v) is 5.68. The van der Waals surface area contributed by atoms with Gasteiger partial charge in [0.1, 0.15) is 5.75 Å². The van der Waals surface area contributed by atoms with Crippen LogP contribution in [0.1, 0.15) is 18.9 Å². The zero-order valence-corrected chi connectivity index (χ0v) is 13.5. The largest absolute Gasteiger partial charge is 0.482 e. The van der Waals surface area contributed by atoms with Crippen molar-refractivity contribution in [3.8, 4) is 5.75 Å². The van der Waals surface area contributed by atoms with E-state index < -0.39 is 12.8 Å². The highest BCUT2D eigenvalue weighted by atomic mass is 79.9. The third-order valence-electron chi connectivity index (χ3n) is 2.19. The van der Waals surface area contributed by atoms with Gasteiger partial charge in [0, 0.05) is 6.54 Å². The van der Waals surface area contributed by atoms with Gasteiger partial charge in [-0.2, -0.15) is 13.2 Å². The van der Waals surface area contributed by atoms with E-state index in [9.17, 15) is 13.2 Å². The molecule has 0 aliphatic rings. The molecule has 0 amide bonds. The summed E-state index contributed by atoms with van der Waals surface area (Å²) in [5, 5.41) is 3.22. The van der Waals surface area contributed by atoms with Gasteiger partial charge < -0.3 is 10.1 Å². The molecule has 0 aromatic heterocycles. The van der Waals surface area contributed by atoms with Crippen molar-refractivity contribution in [2.24, 2.45) is 0 Å². The second-order valence-electron chi connectivity index (χ2n) is 3.97. The van der Waals surface area contributed by atoms with E-state index in [0.717, 1.165) is 18.5 Å². The van der Waals surface area contributed by atoms with Crippen LogP contribution in [0, 0.1) is 0 Å². The molecule has 0 aliphatic carbocycles. The number of ether oxygens (including phenoxy) is 1. The Morgan fingerprint density at radius 3 is 2.26 bits per heavy atom. The number of hydrogen-bond donors (Lipinski definition) is 1. The molecule has 108 valence electrons. The minimum Gasteiger partial charge on any atom is -0.482 e. The van der Waals surface area contributed by atoms with Crippen molar-refractivity contribution in [2.75, 3.05) is 13.2 Å². The lowest BCUT2D eigenvalue weighted by Crippen LogP contribution is -2.19. The summed E-state index contributed by atoms with van der Waals surface area (Å²) in [5.41, 5.74) is 0.964. The molecule has 7 heteroatoms. The zero-order valence-electron chi connectivity index (χ0n) is 10.3. The molecule has 0 bridgehead atoms. The standard InChI is InChI=1S/C12H14Br2F3NO/c1-2-3-18-6-8-4-9(13)11(10(14)5-8)19-7-12(15,16)17/h4-5,18H,2-3,6-7H2,1H3. The quantitative estimate of drug-likeness (QED) is 0.696. The van der Waals surface area contributed by atoms with E-state index in [0.29, 0.717) is 15.5 Å². The van der Waals surface area contributed by atoms with Gasteiger partial charge in [0.2, 0.25) is 0 Å². The van der Waals surface area contributed by atoms with Crippen molar-refractivity contribution in [2.45, 2.75) is 26.1 Å². The number of hydrogen-bond acceptors (Lipinski definition) is 2. The molecule has 1 rings (SSSR count). The first-order chi connectivity index (χ1) is 8.83. The zero-order chi connectivity index (χ0) is 14.5. The van der Waals surface area contributed by atoms with Crippen LogP contribution in [0.5, 0.6) is 5.75 Å². The van der Waals surface area contributed by atoms with Gasteiger partial charge in [-0.3, -0.25) is 0 Å². The molecule has 1 aromatic rings. The van der Waals surface area contributed by atoms with Crippen molar-refractivity contribution >= 4 is 31.9 Å². The summed E-state index contributed by atoms with van der Waals surface area (Å²) in [6.07, 6.45) is -3.32. The highest BCUT2D eigenvalue weighted by Crippen LogP contribution is 2.35. The van der Waals surface area contributed by atoms with Crippen LogP contribution in [0.15, 0.2) is 21.1 Å². The van der Waals surface area contributed by atoms with Crippen LogP contribution < -0.4 is 10.1 Å². The van der Waals surface area contributed by atoms with Gasteiger partial charge in [0.15, 0.2) is 6.61 Å². The SMILES string of the molecule is CCCNCc1cc(Br)c(OCC(F)(F)F)c(Br)c1. The first kappa shape index (κ1) is 16.8. The Hall–Kier alpha value is -0.270. The first-order valence-electron chi connectivity index (χ1n) is 5.71. The Morgan fingerprint density at radius 2 is 1.79 bits per heavy atom. The van der Waals surface area contributed by atoms with Crippen molar-refractivity contribution in [1.29, 1.82) is 0 Å². The maximum Gasteiger partial charge on any atom is 0.422 e. The molecule has 19 heavy (non-hydrogen) atoms. The van der Waals surface area contributed by atoms with Gasteiger partial charge in [-0.05, 0) is 62.5 Å². The van der Waals surface area contributed by atoms with Crippen molar-refractivity contribution in [1.82, 2.24) is 5.32 Å². The van der Waals surface area contributed by atoms with E-state index in [2.05, 4.69) is 44.1 Å². The smallest absolute Gasteiger partial charge is 0.422 e. The minimum atomic E-state index is -4.35. The van der Waals surface area contributed by atoms with Gasteiger partial charge in [-0.15, -0.1) is 0 Å². The normalized spacial score (nSPS) is 11.7. The van der Waals surface area contributed by atoms with Gasteiger partial charge in [0.05, 0.1) is 8.95 Å². The summed E-state index contributed by atoms with van der Waals surface area (Å²) in [4.78, 5) is 0. The third kappa shape index (κ3) is 6.14. The topological polar surface area (TPSA) is 21.3 Å². The molecule has 0 unspecified atom stereocenters. The van der Waals surface area contributed by atoms with Crippen LogP contribution in [-0.4, -0.2) is 19.3 Å². The number of benzene rings is 1. The van der Waals surface area contributed by atoms with Gasteiger partial charge >= 0.3 is 6.18 Å². The monoisotopic (exact) mass is 403 g/mol. The Bertz CT molecular complexity index is 401. The molecule has 0 radical (unpaired) electrons. The molecule has 0 aliphatic heterocycles. The summed E-state index contributed by atoms with van der Waals surface area (Å²) >= 11 is 6.45. The van der Waals surface area contributed by atoms with E-state index >= 15 is 0 Å². The molecule has 0 fully saturated rings. The first-order valence-corrected chi connectivity index (χ1v) is 7.30. The molecule has 0 spiro atoms. The summed E-state index contributed by atoms with van der Waals surface area (Å²) in [6.45, 7) is 2.30. The number of alkyl halides is 3. The van der Waals surface area contributed by atoms with E-state index in [4.69, 9.17) is 4.74 Å². The summed E-state index contributed by atoms with van der Waals surface area (Å²) in [6, 6.07) is 3.50. The highest BCUT2D eigenvalue weighted by Gasteiger charge is 2.29. The lowest BCUT2D eigenvalue weighted by atomic mass is 10.2. The van der Waals surface area contributed by atoms with Gasteiger partial charge in [0.25, 0.3) is 0 Å². The maximum absolute atomic E-state index is 12.1. The average Bonchev–Trinajstić information content (AvgIpc) is 2.26. The van der Waals surface area contributed by atoms with Crippen molar-refractivity contribution in [3.63, 3.8) is 0 Å². The Kier molecular flexibility index (Phi) is 6.62. The van der Waals surface area contributed by atoms with E-state index in [1.165, 1.54) is 0 Å². The summed E-state index contributed by atoms with van der Waals surface area (Å²) in [5.74, 6) is 0.163. The van der Waals surface area contributed by atoms with Crippen LogP contribution in [0.2, 0.25) is 0 Å². The fourth-order valence-electron chi connectivity index (χ4n) is 1.42. The second kappa shape index (κ2) is 7.50. The van der Waals surface area contributed by atoms with Crippen molar-refractivity contribution < 1.29 is 17.9 Å². The number of halogens is 5. The highest BCUT2D eigenvalue weighted by molar-refractivity contribution is 9.11. The molecule has 0 saturated heterocycles. The fraction of sp³-hybridized carbons (Fsp3) is 0.500. The Morgan fingerprint density at radius 1 is 1.21 bits per heavy atom. The maximum atomic E-state index is 12.1. The average molecular weight is 405 g/mol. The Labute approximate surface area is 127 Å². The van der Waals surface area contributed by atoms with E-state index in [1.54, 1.807) is 12.1 Å². The molecular formula is C12H14Br2F3NO. The van der Waals surface area contributed by atoms with Crippen LogP contribution >= 0.6 is 31.9 Å². The fourth-order valence-corrected chi connectivity index (χ4v) is 2.93. The predicted molar refractivity (Wildman–Crippen MR) is 75.4 cm³/mol. The van der Waals surface area contributed by atoms with Crippen LogP contribution in [0.4, 0.5) is 13.2 Å². The van der Waals surface area contributed by atoms with Crippen LogP contribution in [-0.2, 0) is 6.54 Å². The van der Waals surface area contributed by atoms with Crippen molar-refractivity contribution in [3.05, 3.63) is 26.6 Å². The molecular weight excluding hydrogens is 391 g/mol. The van der Waals surface area contributed by atoms with Crippen LogP contribution in [0.3, 0.4) is 0 Å². The molecule has 0 atom stereocenters. The number of nitrogens with one attached hydrogen (secondary N) is 1. The predicted octanol–water partition coefficient (Wildman–Crippen LogP) is 4.65. The number of rotatable bonds is 6. The molecule has 0 saturated carbocycles. The van der Waals surface area contributed by atoms with E-state index in [1.807, 2.05) is 0 Å². The van der Waals surface area contributed by atoms with Gasteiger partial charge in [-0.1, -0.05) is 6.92 Å².